The first-order valence-electron chi connectivity index (χ1n) is 13.0. The second kappa shape index (κ2) is 12.7. The minimum atomic E-state index is -1.59. The molecule has 0 spiro atoms. The van der Waals surface area contributed by atoms with Crippen molar-refractivity contribution in [3.63, 3.8) is 0 Å². The van der Waals surface area contributed by atoms with Gasteiger partial charge in [-0.3, -0.25) is 4.79 Å². The van der Waals surface area contributed by atoms with Gasteiger partial charge in [0.2, 0.25) is 0 Å². The molecule has 1 aliphatic heterocycles. The first-order valence-corrected chi connectivity index (χ1v) is 14.9. The van der Waals surface area contributed by atoms with Crippen LogP contribution in [0.3, 0.4) is 0 Å². The Morgan fingerprint density at radius 2 is 1.64 bits per heavy atom. The van der Waals surface area contributed by atoms with Crippen LogP contribution in [-0.2, 0) is 21.9 Å². The molecule has 0 saturated carbocycles. The Hall–Kier alpha value is -3.10. The van der Waals surface area contributed by atoms with Gasteiger partial charge in [-0.1, -0.05) is 69.2 Å². The van der Waals surface area contributed by atoms with Crippen molar-refractivity contribution in [2.45, 2.75) is 52.1 Å². The maximum absolute atomic E-state index is 13.1. The summed E-state index contributed by atoms with van der Waals surface area (Å²) in [5, 5.41) is 3.02. The summed E-state index contributed by atoms with van der Waals surface area (Å²) in [5.41, 5.74) is 6.96. The van der Waals surface area contributed by atoms with Crippen LogP contribution >= 0.6 is 7.80 Å². The number of nitrogens with one attached hydrogen (secondary N) is 1. The lowest BCUT2D eigenvalue weighted by Gasteiger charge is -2.09. The van der Waals surface area contributed by atoms with Crippen LogP contribution in [0, 0.1) is 0 Å². The lowest BCUT2D eigenvalue weighted by molar-refractivity contribution is -0.113. The fourth-order valence-electron chi connectivity index (χ4n) is 4.42. The average molecular weight is 502 g/mol. The quantitative estimate of drug-likeness (QED) is 0.226. The van der Waals surface area contributed by atoms with Gasteiger partial charge in [-0.2, -0.15) is 0 Å². The third-order valence-electron chi connectivity index (χ3n) is 6.63. The molecule has 0 saturated heterocycles. The molecule has 0 fully saturated rings. The van der Waals surface area contributed by atoms with E-state index >= 15 is 0 Å². The van der Waals surface area contributed by atoms with Crippen molar-refractivity contribution in [2.24, 2.45) is 0 Å². The first kappa shape index (κ1) is 26.0. The number of fused-ring (bicyclic) bond motifs is 1. The lowest BCUT2D eigenvalue weighted by atomic mass is 9.99. The molecule has 0 radical (unpaired) electrons. The zero-order valence-electron chi connectivity index (χ0n) is 21.3. The van der Waals surface area contributed by atoms with Crippen LogP contribution in [0.25, 0.3) is 17.2 Å². The summed E-state index contributed by atoms with van der Waals surface area (Å²) in [6.07, 6.45) is 8.27. The van der Waals surface area contributed by atoms with E-state index in [0.29, 0.717) is 24.8 Å². The van der Waals surface area contributed by atoms with E-state index in [1.54, 1.807) is 0 Å². The van der Waals surface area contributed by atoms with Crippen molar-refractivity contribution in [2.75, 3.05) is 18.1 Å². The Labute approximate surface area is 215 Å². The molecule has 4 nitrogen and oxygen atoms in total. The molecular formula is C31H36NO3P. The first-order chi connectivity index (χ1) is 17.6. The lowest BCUT2D eigenvalue weighted by Crippen LogP contribution is -2.15. The number of hydrogen-bond acceptors (Lipinski definition) is 3. The molecule has 1 unspecified atom stereocenters. The smallest absolute Gasteiger partial charge is 0.251 e. The zero-order valence-corrected chi connectivity index (χ0v) is 22.3. The molecule has 1 N–H and O–H groups in total. The molecule has 188 valence electrons. The van der Waals surface area contributed by atoms with E-state index in [1.807, 2.05) is 36.4 Å². The van der Waals surface area contributed by atoms with E-state index < -0.39 is 7.80 Å². The fourth-order valence-corrected chi connectivity index (χ4v) is 5.93. The zero-order chi connectivity index (χ0) is 25.3. The largest absolute Gasteiger partial charge is 0.493 e. The highest BCUT2D eigenvalue weighted by Gasteiger charge is 2.16. The Morgan fingerprint density at radius 3 is 2.36 bits per heavy atom. The maximum Gasteiger partial charge on any atom is 0.251 e. The average Bonchev–Trinajstić information content (AvgIpc) is 3.12. The molecule has 3 aromatic carbocycles. The molecule has 0 bridgehead atoms. The Morgan fingerprint density at radius 1 is 0.917 bits per heavy atom. The number of benzene rings is 3. The van der Waals surface area contributed by atoms with Gasteiger partial charge in [0.15, 0.2) is 0 Å². The van der Waals surface area contributed by atoms with Gasteiger partial charge in [0.25, 0.3) is 5.91 Å². The number of rotatable bonds is 10. The summed E-state index contributed by atoms with van der Waals surface area (Å²) in [7, 11) is -1.59. The highest BCUT2D eigenvalue weighted by Crippen LogP contribution is 2.32. The standard InChI is InChI=1S/C31H36NO3P/c1-3-5-6-19-36(34)22-24-9-14-29(15-10-24)32-31(33)27-17-18-35-30-16-13-26(20-28(30)21-27)25-11-7-23(4-2)8-12-25/h7-16,20-21,36H,3-6,17-19,22H2,1-2H3,(H,32,33). The predicted molar refractivity (Wildman–Crippen MR) is 152 cm³/mol. The van der Waals surface area contributed by atoms with Gasteiger partial charge < -0.3 is 14.6 Å². The maximum atomic E-state index is 13.1. The second-order valence-corrected chi connectivity index (χ2v) is 11.3. The number of carbonyl (C=O) groups excluding carboxylic acids is 1. The van der Waals surface area contributed by atoms with Crippen LogP contribution in [0.4, 0.5) is 5.69 Å². The number of ether oxygens (including phenoxy) is 1. The topological polar surface area (TPSA) is 55.4 Å². The number of aryl methyl sites for hydroxylation is 1. The number of hydrogen-bond donors (Lipinski definition) is 1. The van der Waals surface area contributed by atoms with Crippen molar-refractivity contribution in [1.82, 2.24) is 0 Å². The van der Waals surface area contributed by atoms with Crippen molar-refractivity contribution in [1.29, 1.82) is 0 Å². The van der Waals surface area contributed by atoms with E-state index in [2.05, 4.69) is 55.6 Å². The summed E-state index contributed by atoms with van der Waals surface area (Å²) in [5.74, 6) is 0.676. The van der Waals surface area contributed by atoms with Crippen LogP contribution < -0.4 is 10.1 Å². The minimum absolute atomic E-state index is 0.120. The molecule has 36 heavy (non-hydrogen) atoms. The summed E-state index contributed by atoms with van der Waals surface area (Å²) < 4.78 is 18.3. The van der Waals surface area contributed by atoms with E-state index in [0.717, 1.165) is 65.5 Å². The van der Waals surface area contributed by atoms with Crippen LogP contribution in [0.5, 0.6) is 5.75 Å². The molecule has 4 rings (SSSR count). The van der Waals surface area contributed by atoms with Gasteiger partial charge >= 0.3 is 0 Å². The molecule has 1 heterocycles. The SMILES string of the molecule is CCCCC[PH](=O)Cc1ccc(NC(=O)C2=Cc3cc(-c4ccc(CC)cc4)ccc3OCC2)cc1. The Bertz CT molecular complexity index is 1230. The molecule has 1 aliphatic rings. The minimum Gasteiger partial charge on any atom is -0.493 e. The molecule has 1 amide bonds. The van der Waals surface area contributed by atoms with Gasteiger partial charge in [0.1, 0.15) is 5.75 Å². The van der Waals surface area contributed by atoms with Crippen molar-refractivity contribution >= 4 is 25.5 Å². The van der Waals surface area contributed by atoms with E-state index in [4.69, 9.17) is 4.74 Å². The monoisotopic (exact) mass is 501 g/mol. The predicted octanol–water partition coefficient (Wildman–Crippen LogP) is 7.97. The molecule has 3 aromatic rings. The van der Waals surface area contributed by atoms with Crippen LogP contribution in [0.2, 0.25) is 0 Å². The van der Waals surface area contributed by atoms with E-state index in [9.17, 15) is 9.36 Å². The molecule has 1 atom stereocenters. The van der Waals surface area contributed by atoms with Crippen LogP contribution in [0.1, 0.15) is 56.2 Å². The summed E-state index contributed by atoms with van der Waals surface area (Å²) in [4.78, 5) is 13.1. The Kier molecular flexibility index (Phi) is 9.19. The van der Waals surface area contributed by atoms with Gasteiger partial charge in [0, 0.05) is 29.4 Å². The summed E-state index contributed by atoms with van der Waals surface area (Å²) in [6, 6.07) is 22.5. The van der Waals surface area contributed by atoms with Crippen molar-refractivity contribution in [3.8, 4) is 16.9 Å². The molecular weight excluding hydrogens is 465 g/mol. The number of anilines is 1. The number of unbranched alkanes of at least 4 members (excludes halogenated alkanes) is 2. The van der Waals surface area contributed by atoms with Crippen molar-refractivity contribution < 1.29 is 14.1 Å². The Balaban J connectivity index is 1.44. The van der Waals surface area contributed by atoms with Gasteiger partial charge in [-0.05, 0) is 71.6 Å². The van der Waals surface area contributed by atoms with Gasteiger partial charge in [0.05, 0.1) is 14.4 Å². The molecule has 0 aromatic heterocycles. The highest BCUT2D eigenvalue weighted by molar-refractivity contribution is 7.43. The van der Waals surface area contributed by atoms with Gasteiger partial charge in [-0.25, -0.2) is 0 Å². The number of carbonyl (C=O) groups is 1. The van der Waals surface area contributed by atoms with E-state index in [1.165, 1.54) is 5.56 Å². The normalized spacial score (nSPS) is 13.7. The summed E-state index contributed by atoms with van der Waals surface area (Å²) in [6.45, 7) is 4.77. The van der Waals surface area contributed by atoms with E-state index in [-0.39, 0.29) is 5.91 Å². The second-order valence-electron chi connectivity index (χ2n) is 9.39. The number of amides is 1. The fraction of sp³-hybridized carbons (Fsp3) is 0.323. The van der Waals surface area contributed by atoms with Gasteiger partial charge in [-0.15, -0.1) is 0 Å². The summed E-state index contributed by atoms with van der Waals surface area (Å²) >= 11 is 0. The third kappa shape index (κ3) is 6.98. The van der Waals surface area contributed by atoms with Crippen molar-refractivity contribution in [3.05, 3.63) is 89.0 Å². The highest BCUT2D eigenvalue weighted by atomic mass is 31.1. The third-order valence-corrected chi connectivity index (χ3v) is 8.34. The van der Waals surface area contributed by atoms with Crippen LogP contribution in [0.15, 0.2) is 72.3 Å². The molecule has 0 aliphatic carbocycles. The molecule has 5 heteroatoms. The van der Waals surface area contributed by atoms with Crippen LogP contribution in [-0.4, -0.2) is 18.7 Å².